The van der Waals surface area contributed by atoms with Crippen molar-refractivity contribution < 1.29 is 9.26 Å². The van der Waals surface area contributed by atoms with Crippen LogP contribution in [0.25, 0.3) is 0 Å². The fraction of sp³-hybridized carbons (Fsp3) is 0.467. The summed E-state index contributed by atoms with van der Waals surface area (Å²) in [6.07, 6.45) is 2.15. The van der Waals surface area contributed by atoms with Crippen molar-refractivity contribution in [3.05, 3.63) is 46.6 Å². The van der Waals surface area contributed by atoms with Gasteiger partial charge in [0, 0.05) is 24.6 Å². The van der Waals surface area contributed by atoms with Gasteiger partial charge in [0.15, 0.2) is 5.82 Å². The van der Waals surface area contributed by atoms with Gasteiger partial charge in [-0.1, -0.05) is 28.9 Å². The molecule has 1 saturated heterocycles. The third-order valence-electron chi connectivity index (χ3n) is 3.57. The predicted molar refractivity (Wildman–Crippen MR) is 79.3 cm³/mol. The Balaban J connectivity index is 1.84. The van der Waals surface area contributed by atoms with Crippen molar-refractivity contribution in [1.82, 2.24) is 15.5 Å². The first-order valence-electron chi connectivity index (χ1n) is 7.12. The van der Waals surface area contributed by atoms with Crippen LogP contribution in [-0.4, -0.2) is 29.4 Å². The van der Waals surface area contributed by atoms with E-state index in [2.05, 4.69) is 15.5 Å². The van der Waals surface area contributed by atoms with Crippen LogP contribution in [0.3, 0.4) is 0 Å². The highest BCUT2D eigenvalue weighted by atomic mass is 35.5. The maximum Gasteiger partial charge on any atom is 0.223 e. The summed E-state index contributed by atoms with van der Waals surface area (Å²) in [5.41, 5.74) is 1.06. The molecule has 2 aromatic rings. The Hall–Kier alpha value is -1.43. The number of nitrogens with zero attached hydrogens (tertiary/aromatic N) is 2. The second-order valence-corrected chi connectivity index (χ2v) is 5.67. The lowest BCUT2D eigenvalue weighted by Gasteiger charge is -2.27. The van der Waals surface area contributed by atoms with Crippen molar-refractivity contribution >= 4 is 11.6 Å². The van der Waals surface area contributed by atoms with Crippen LogP contribution in [-0.2, 0) is 4.74 Å². The molecule has 2 heterocycles. The Kier molecular flexibility index (Phi) is 4.53. The van der Waals surface area contributed by atoms with Gasteiger partial charge in [0.05, 0.1) is 12.6 Å². The molecule has 3 rings (SSSR count). The molecule has 0 spiro atoms. The molecule has 1 aromatic heterocycles. The first-order chi connectivity index (χ1) is 10.2. The quantitative estimate of drug-likeness (QED) is 0.941. The van der Waals surface area contributed by atoms with Gasteiger partial charge in [0.2, 0.25) is 5.89 Å². The standard InChI is InChI=1S/C15H18ClN3O2/c1-10-17-15(19-21-10)14(11-4-6-12(16)7-5-11)18-13-3-2-8-20-9-13/h4-7,13-14,18H,2-3,8-9H2,1H3/t13-,14-/m0/s1. The molecule has 1 N–H and O–H groups in total. The van der Waals surface area contributed by atoms with Crippen molar-refractivity contribution in [3.8, 4) is 0 Å². The first-order valence-corrected chi connectivity index (χ1v) is 7.49. The van der Waals surface area contributed by atoms with Gasteiger partial charge in [0.25, 0.3) is 0 Å². The lowest BCUT2D eigenvalue weighted by Crippen LogP contribution is -2.39. The minimum absolute atomic E-state index is 0.119. The highest BCUT2D eigenvalue weighted by molar-refractivity contribution is 6.30. The van der Waals surface area contributed by atoms with Crippen molar-refractivity contribution in [2.75, 3.05) is 13.2 Å². The first kappa shape index (κ1) is 14.5. The zero-order valence-corrected chi connectivity index (χ0v) is 12.6. The summed E-state index contributed by atoms with van der Waals surface area (Å²) in [6, 6.07) is 7.88. The third kappa shape index (κ3) is 3.61. The van der Waals surface area contributed by atoms with E-state index in [-0.39, 0.29) is 6.04 Å². The molecule has 6 heteroatoms. The number of hydrogen-bond acceptors (Lipinski definition) is 5. The molecule has 0 aliphatic carbocycles. The van der Waals surface area contributed by atoms with E-state index in [1.807, 2.05) is 24.3 Å². The molecule has 0 amide bonds. The smallest absolute Gasteiger partial charge is 0.223 e. The number of aryl methyl sites for hydroxylation is 1. The summed E-state index contributed by atoms with van der Waals surface area (Å²) >= 11 is 5.97. The molecule has 21 heavy (non-hydrogen) atoms. The van der Waals surface area contributed by atoms with Gasteiger partial charge in [-0.25, -0.2) is 0 Å². The summed E-state index contributed by atoms with van der Waals surface area (Å²) in [4.78, 5) is 4.36. The largest absolute Gasteiger partial charge is 0.380 e. The van der Waals surface area contributed by atoms with Crippen LogP contribution in [0.4, 0.5) is 0 Å². The van der Waals surface area contributed by atoms with E-state index >= 15 is 0 Å². The maximum atomic E-state index is 5.97. The molecule has 1 aliphatic heterocycles. The second-order valence-electron chi connectivity index (χ2n) is 5.24. The van der Waals surface area contributed by atoms with Gasteiger partial charge < -0.3 is 9.26 Å². The number of ether oxygens (including phenoxy) is 1. The van der Waals surface area contributed by atoms with Crippen molar-refractivity contribution in [3.63, 3.8) is 0 Å². The van der Waals surface area contributed by atoms with E-state index < -0.39 is 0 Å². The van der Waals surface area contributed by atoms with Crippen LogP contribution >= 0.6 is 11.6 Å². The van der Waals surface area contributed by atoms with Gasteiger partial charge in [0.1, 0.15) is 0 Å². The molecule has 112 valence electrons. The van der Waals surface area contributed by atoms with Crippen LogP contribution in [0, 0.1) is 6.92 Å². The summed E-state index contributed by atoms with van der Waals surface area (Å²) in [7, 11) is 0. The fourth-order valence-electron chi connectivity index (χ4n) is 2.52. The molecule has 2 atom stereocenters. The summed E-state index contributed by atoms with van der Waals surface area (Å²) < 4.78 is 10.7. The van der Waals surface area contributed by atoms with E-state index in [9.17, 15) is 0 Å². The number of benzene rings is 1. The van der Waals surface area contributed by atoms with E-state index in [0.717, 1.165) is 25.0 Å². The summed E-state index contributed by atoms with van der Waals surface area (Å²) in [5.74, 6) is 1.20. The number of rotatable bonds is 4. The second kappa shape index (κ2) is 6.56. The van der Waals surface area contributed by atoms with Crippen LogP contribution in [0.15, 0.2) is 28.8 Å². The number of hydrogen-bond donors (Lipinski definition) is 1. The molecular weight excluding hydrogens is 290 g/mol. The molecule has 0 saturated carbocycles. The lowest BCUT2D eigenvalue weighted by molar-refractivity contribution is 0.0675. The minimum atomic E-state index is -0.119. The zero-order chi connectivity index (χ0) is 14.7. The highest BCUT2D eigenvalue weighted by Crippen LogP contribution is 2.23. The molecule has 1 aliphatic rings. The van der Waals surface area contributed by atoms with E-state index in [1.54, 1.807) is 6.92 Å². The van der Waals surface area contributed by atoms with Gasteiger partial charge in [-0.3, -0.25) is 5.32 Å². The van der Waals surface area contributed by atoms with Crippen molar-refractivity contribution in [2.45, 2.75) is 31.8 Å². The Bertz CT molecular complexity index is 579. The monoisotopic (exact) mass is 307 g/mol. The van der Waals surface area contributed by atoms with Crippen LogP contribution in [0.5, 0.6) is 0 Å². The van der Waals surface area contributed by atoms with Crippen molar-refractivity contribution in [2.24, 2.45) is 0 Å². The average Bonchev–Trinajstić information content (AvgIpc) is 2.93. The highest BCUT2D eigenvalue weighted by Gasteiger charge is 2.24. The van der Waals surface area contributed by atoms with Gasteiger partial charge >= 0.3 is 0 Å². The zero-order valence-electron chi connectivity index (χ0n) is 11.9. The molecule has 0 unspecified atom stereocenters. The molecule has 1 aromatic carbocycles. The molecular formula is C15H18ClN3O2. The number of nitrogens with one attached hydrogen (secondary N) is 1. The van der Waals surface area contributed by atoms with E-state index in [4.69, 9.17) is 20.9 Å². The summed E-state index contributed by atoms with van der Waals surface area (Å²) in [5, 5.41) is 8.34. The Morgan fingerprint density at radius 1 is 1.33 bits per heavy atom. The van der Waals surface area contributed by atoms with Crippen LogP contribution < -0.4 is 5.32 Å². The van der Waals surface area contributed by atoms with Gasteiger partial charge in [-0.15, -0.1) is 0 Å². The normalized spacial score (nSPS) is 20.4. The van der Waals surface area contributed by atoms with Crippen LogP contribution in [0.2, 0.25) is 5.02 Å². The predicted octanol–water partition coefficient (Wildman–Crippen LogP) is 2.89. The van der Waals surface area contributed by atoms with Crippen LogP contribution in [0.1, 0.15) is 36.2 Å². The Morgan fingerprint density at radius 3 is 2.76 bits per heavy atom. The summed E-state index contributed by atoms with van der Waals surface area (Å²) in [6.45, 7) is 3.34. The minimum Gasteiger partial charge on any atom is -0.380 e. The SMILES string of the molecule is Cc1nc([C@@H](N[C@H]2CCCOC2)c2ccc(Cl)cc2)no1. The van der Waals surface area contributed by atoms with E-state index in [0.29, 0.717) is 29.4 Å². The fourth-order valence-corrected chi connectivity index (χ4v) is 2.64. The third-order valence-corrected chi connectivity index (χ3v) is 3.82. The number of aromatic nitrogens is 2. The molecule has 0 radical (unpaired) electrons. The molecule has 5 nitrogen and oxygen atoms in total. The van der Waals surface area contributed by atoms with Crippen molar-refractivity contribution in [1.29, 1.82) is 0 Å². The Morgan fingerprint density at radius 2 is 2.14 bits per heavy atom. The maximum absolute atomic E-state index is 5.97. The average molecular weight is 308 g/mol. The Labute approximate surface area is 128 Å². The topological polar surface area (TPSA) is 60.2 Å². The number of halogens is 1. The van der Waals surface area contributed by atoms with Gasteiger partial charge in [-0.2, -0.15) is 4.98 Å². The van der Waals surface area contributed by atoms with Gasteiger partial charge in [-0.05, 0) is 30.5 Å². The van der Waals surface area contributed by atoms with E-state index in [1.165, 1.54) is 0 Å². The molecule has 0 bridgehead atoms. The lowest BCUT2D eigenvalue weighted by atomic mass is 10.0. The molecule has 1 fully saturated rings.